The molecule has 0 bridgehead atoms. The number of carboxylic acids is 1. The van der Waals surface area contributed by atoms with Crippen molar-refractivity contribution in [3.63, 3.8) is 0 Å². The second-order valence-corrected chi connectivity index (χ2v) is 6.66. The number of benzene rings is 1. The molecule has 0 saturated carbocycles. The molecule has 1 N–H and O–H groups in total. The zero-order valence-electron chi connectivity index (χ0n) is 13.5. The van der Waals surface area contributed by atoms with Crippen LogP contribution in [0.3, 0.4) is 0 Å². The molecule has 1 aromatic heterocycles. The third kappa shape index (κ3) is 3.21. The quantitative estimate of drug-likeness (QED) is 0.924. The maximum atomic E-state index is 12.3. The molecule has 118 valence electrons. The minimum atomic E-state index is -0.864. The van der Waals surface area contributed by atoms with Gasteiger partial charge in [-0.1, -0.05) is 40.2 Å². The summed E-state index contributed by atoms with van der Waals surface area (Å²) in [5.74, 6) is -0.825. The van der Waals surface area contributed by atoms with Gasteiger partial charge in [-0.15, -0.1) is 0 Å². The van der Waals surface area contributed by atoms with E-state index in [0.717, 1.165) is 6.42 Å². The molecule has 0 aliphatic heterocycles. The van der Waals surface area contributed by atoms with Crippen molar-refractivity contribution in [3.05, 3.63) is 45.8 Å². The van der Waals surface area contributed by atoms with Crippen molar-refractivity contribution in [2.75, 3.05) is 0 Å². The minimum absolute atomic E-state index is 0.131. The summed E-state index contributed by atoms with van der Waals surface area (Å²) in [6.07, 6.45) is 1.32. The number of carboxylic acid groups (broad SMARTS) is 1. The van der Waals surface area contributed by atoms with E-state index in [-0.39, 0.29) is 10.8 Å². The largest absolute Gasteiger partial charge is 0.481 e. The van der Waals surface area contributed by atoms with Crippen LogP contribution in [0.1, 0.15) is 57.8 Å². The monoisotopic (exact) mass is 302 g/mol. The summed E-state index contributed by atoms with van der Waals surface area (Å²) in [5, 5.41) is 9.79. The summed E-state index contributed by atoms with van der Waals surface area (Å²) < 4.78 is 5.81. The van der Waals surface area contributed by atoms with Crippen molar-refractivity contribution in [3.8, 4) is 0 Å². The van der Waals surface area contributed by atoms with Gasteiger partial charge in [0.25, 0.3) is 0 Å². The van der Waals surface area contributed by atoms with Crippen LogP contribution in [0.5, 0.6) is 0 Å². The maximum absolute atomic E-state index is 12.3. The lowest BCUT2D eigenvalue weighted by atomic mass is 9.91. The first kappa shape index (κ1) is 16.3. The van der Waals surface area contributed by atoms with E-state index < -0.39 is 11.9 Å². The number of fused-ring (bicyclic) bond motifs is 1. The summed E-state index contributed by atoms with van der Waals surface area (Å²) >= 11 is 0. The first-order valence-electron chi connectivity index (χ1n) is 7.55. The molecule has 4 nitrogen and oxygen atoms in total. The van der Waals surface area contributed by atoms with Crippen molar-refractivity contribution < 1.29 is 14.3 Å². The van der Waals surface area contributed by atoms with E-state index in [1.54, 1.807) is 18.2 Å². The molecule has 1 unspecified atom stereocenters. The predicted molar refractivity (Wildman–Crippen MR) is 86.5 cm³/mol. The molecule has 0 radical (unpaired) electrons. The Morgan fingerprint density at radius 1 is 1.27 bits per heavy atom. The highest BCUT2D eigenvalue weighted by Gasteiger charge is 2.22. The van der Waals surface area contributed by atoms with E-state index in [9.17, 15) is 14.7 Å². The van der Waals surface area contributed by atoms with Gasteiger partial charge in [-0.25, -0.2) is 0 Å². The van der Waals surface area contributed by atoms with Gasteiger partial charge in [0.05, 0.1) is 11.3 Å². The Bertz CT molecular complexity index is 750. The van der Waals surface area contributed by atoms with E-state index in [1.165, 1.54) is 6.07 Å². The van der Waals surface area contributed by atoms with Crippen molar-refractivity contribution in [1.82, 2.24) is 0 Å². The molecule has 0 aliphatic rings. The lowest BCUT2D eigenvalue weighted by molar-refractivity contribution is -0.139. The summed E-state index contributed by atoms with van der Waals surface area (Å²) in [6, 6.07) is 6.60. The Morgan fingerprint density at radius 3 is 2.50 bits per heavy atom. The van der Waals surface area contributed by atoms with E-state index in [1.807, 2.05) is 27.7 Å². The molecule has 1 aromatic carbocycles. The molecular weight excluding hydrogens is 280 g/mol. The van der Waals surface area contributed by atoms with Crippen molar-refractivity contribution >= 4 is 16.9 Å². The third-order valence-corrected chi connectivity index (χ3v) is 3.77. The van der Waals surface area contributed by atoms with E-state index in [0.29, 0.717) is 28.7 Å². The molecule has 1 heterocycles. The third-order valence-electron chi connectivity index (χ3n) is 3.77. The van der Waals surface area contributed by atoms with Crippen LogP contribution in [-0.4, -0.2) is 11.1 Å². The van der Waals surface area contributed by atoms with Crippen molar-refractivity contribution in [2.24, 2.45) is 0 Å². The smallest absolute Gasteiger partial charge is 0.310 e. The van der Waals surface area contributed by atoms with Gasteiger partial charge in [0.15, 0.2) is 5.43 Å². The Morgan fingerprint density at radius 2 is 1.95 bits per heavy atom. The molecule has 22 heavy (non-hydrogen) atoms. The highest BCUT2D eigenvalue weighted by atomic mass is 16.4. The fraction of sp³-hybridized carbons (Fsp3) is 0.444. The van der Waals surface area contributed by atoms with Crippen LogP contribution in [0, 0.1) is 0 Å². The van der Waals surface area contributed by atoms with Crippen LogP contribution in [0.25, 0.3) is 11.0 Å². The highest BCUT2D eigenvalue weighted by Crippen LogP contribution is 2.27. The fourth-order valence-corrected chi connectivity index (χ4v) is 2.48. The second kappa shape index (κ2) is 5.95. The Labute approximate surface area is 129 Å². The molecule has 2 rings (SSSR count). The van der Waals surface area contributed by atoms with Crippen LogP contribution in [0.2, 0.25) is 0 Å². The van der Waals surface area contributed by atoms with Crippen LogP contribution < -0.4 is 5.43 Å². The van der Waals surface area contributed by atoms with Crippen molar-refractivity contribution in [1.29, 1.82) is 0 Å². The number of carbonyl (C=O) groups is 1. The normalized spacial score (nSPS) is 13.3. The first-order valence-corrected chi connectivity index (χ1v) is 7.55. The highest BCUT2D eigenvalue weighted by molar-refractivity contribution is 5.81. The number of hydrogen-bond donors (Lipinski definition) is 1. The SMILES string of the molecule is CCCC(C(=O)O)c1ccc2oc(C(C)(C)C)cc(=O)c2c1. The van der Waals surface area contributed by atoms with Crippen molar-refractivity contribution in [2.45, 2.75) is 51.9 Å². The fourth-order valence-electron chi connectivity index (χ4n) is 2.48. The first-order chi connectivity index (χ1) is 10.2. The standard InChI is InChI=1S/C18H22O4/c1-5-6-12(17(20)21)11-7-8-15-13(9-11)14(19)10-16(22-15)18(2,3)4/h7-10,12H,5-6H2,1-4H3,(H,20,21). The lowest BCUT2D eigenvalue weighted by Gasteiger charge is -2.17. The lowest BCUT2D eigenvalue weighted by Crippen LogP contribution is -2.16. The molecule has 2 aromatic rings. The zero-order chi connectivity index (χ0) is 16.5. The van der Waals surface area contributed by atoms with Gasteiger partial charge in [0, 0.05) is 11.5 Å². The van der Waals surface area contributed by atoms with Gasteiger partial charge >= 0.3 is 5.97 Å². The van der Waals surface area contributed by atoms with Gasteiger partial charge < -0.3 is 9.52 Å². The minimum Gasteiger partial charge on any atom is -0.481 e. The summed E-state index contributed by atoms with van der Waals surface area (Å²) in [6.45, 7) is 7.88. The summed E-state index contributed by atoms with van der Waals surface area (Å²) in [4.78, 5) is 23.7. The van der Waals surface area contributed by atoms with Crippen LogP contribution >= 0.6 is 0 Å². The topological polar surface area (TPSA) is 67.5 Å². The summed E-state index contributed by atoms with van der Waals surface area (Å²) in [7, 11) is 0. The molecule has 0 fully saturated rings. The predicted octanol–water partition coefficient (Wildman–Crippen LogP) is 4.06. The van der Waals surface area contributed by atoms with Gasteiger partial charge in [-0.3, -0.25) is 9.59 Å². The molecule has 0 aliphatic carbocycles. The second-order valence-electron chi connectivity index (χ2n) is 6.66. The Hall–Kier alpha value is -2.10. The Kier molecular flexibility index (Phi) is 4.40. The number of aliphatic carboxylic acids is 1. The van der Waals surface area contributed by atoms with Gasteiger partial charge in [-0.2, -0.15) is 0 Å². The van der Waals surface area contributed by atoms with E-state index in [2.05, 4.69) is 0 Å². The summed E-state index contributed by atoms with van der Waals surface area (Å²) in [5.41, 5.74) is 0.769. The molecular formula is C18H22O4. The van der Waals surface area contributed by atoms with Gasteiger partial charge in [0.2, 0.25) is 0 Å². The molecule has 4 heteroatoms. The Balaban J connectivity index is 2.59. The average molecular weight is 302 g/mol. The average Bonchev–Trinajstić information content (AvgIpc) is 2.43. The van der Waals surface area contributed by atoms with Crippen LogP contribution in [0.4, 0.5) is 0 Å². The zero-order valence-corrected chi connectivity index (χ0v) is 13.5. The molecule has 0 amide bonds. The van der Waals surface area contributed by atoms with E-state index in [4.69, 9.17) is 4.42 Å². The molecule has 0 saturated heterocycles. The van der Waals surface area contributed by atoms with Gasteiger partial charge in [-0.05, 0) is 24.1 Å². The van der Waals surface area contributed by atoms with E-state index >= 15 is 0 Å². The van der Waals surface area contributed by atoms with Crippen LogP contribution in [-0.2, 0) is 10.2 Å². The van der Waals surface area contributed by atoms with Crippen LogP contribution in [0.15, 0.2) is 33.5 Å². The number of hydrogen-bond acceptors (Lipinski definition) is 3. The maximum Gasteiger partial charge on any atom is 0.310 e. The van der Waals surface area contributed by atoms with Gasteiger partial charge in [0.1, 0.15) is 11.3 Å². The molecule has 1 atom stereocenters. The molecule has 0 spiro atoms. The number of rotatable bonds is 4.